The number of hydrogen-bond donors (Lipinski definition) is 0. The lowest BCUT2D eigenvalue weighted by atomic mass is 10.1. The third kappa shape index (κ3) is 4.18. The lowest BCUT2D eigenvalue weighted by Gasteiger charge is -2.10. The van der Waals surface area contributed by atoms with Crippen molar-refractivity contribution in [1.29, 1.82) is 0 Å². The molecule has 0 radical (unpaired) electrons. The average molecular weight is 272 g/mol. The van der Waals surface area contributed by atoms with Gasteiger partial charge in [-0.15, -0.1) is 11.6 Å². The predicted molar refractivity (Wildman–Crippen MR) is 72.6 cm³/mol. The van der Waals surface area contributed by atoms with Crippen LogP contribution in [-0.2, 0) is 0 Å². The summed E-state index contributed by atoms with van der Waals surface area (Å²) in [6.07, 6.45) is 2.97. The molecule has 0 fully saturated rings. The Hall–Kier alpha value is -1.29. The minimum Gasteiger partial charge on any atom is -0.493 e. The van der Waals surface area contributed by atoms with Crippen LogP contribution < -0.4 is 4.74 Å². The van der Waals surface area contributed by atoms with Gasteiger partial charge in [0.2, 0.25) is 0 Å². The molecule has 0 atom stereocenters. The molecule has 0 N–H and O–H groups in total. The first kappa shape index (κ1) is 14.8. The smallest absolute Gasteiger partial charge is 0.272 e. The molecular weight excluding hydrogens is 254 g/mol. The Bertz CT molecular complexity index is 421. The van der Waals surface area contributed by atoms with Crippen molar-refractivity contribution in [3.8, 4) is 5.75 Å². The van der Waals surface area contributed by atoms with Crippen LogP contribution in [0.15, 0.2) is 12.1 Å². The second-order valence-electron chi connectivity index (χ2n) is 4.26. The van der Waals surface area contributed by atoms with E-state index < -0.39 is 0 Å². The quantitative estimate of drug-likeness (QED) is 0.326. The Morgan fingerprint density at radius 3 is 2.56 bits per heavy atom. The van der Waals surface area contributed by atoms with Crippen molar-refractivity contribution in [1.82, 2.24) is 0 Å². The molecule has 0 saturated carbocycles. The van der Waals surface area contributed by atoms with Crippen LogP contribution in [0.25, 0.3) is 0 Å². The van der Waals surface area contributed by atoms with E-state index in [1.165, 1.54) is 0 Å². The van der Waals surface area contributed by atoms with Crippen LogP contribution in [0.4, 0.5) is 5.69 Å². The van der Waals surface area contributed by atoms with Crippen LogP contribution in [0.2, 0.25) is 0 Å². The number of aryl methyl sites for hydroxylation is 2. The molecule has 5 heteroatoms. The molecule has 0 saturated heterocycles. The number of nitrogens with zero attached hydrogens (tertiary/aromatic N) is 1. The minimum absolute atomic E-state index is 0.141. The number of nitro benzene ring substituents is 1. The van der Waals surface area contributed by atoms with Crippen molar-refractivity contribution >= 4 is 17.3 Å². The van der Waals surface area contributed by atoms with Crippen molar-refractivity contribution in [3.63, 3.8) is 0 Å². The van der Waals surface area contributed by atoms with E-state index in [0.717, 1.165) is 30.6 Å². The fraction of sp³-hybridized carbons (Fsp3) is 0.538. The first-order valence-electron chi connectivity index (χ1n) is 6.00. The van der Waals surface area contributed by atoms with Crippen molar-refractivity contribution in [2.24, 2.45) is 0 Å². The average Bonchev–Trinajstić information content (AvgIpc) is 2.32. The van der Waals surface area contributed by atoms with E-state index >= 15 is 0 Å². The Balaban J connectivity index is 2.62. The SMILES string of the molecule is Cc1cc([N+](=O)[O-])c(C)cc1OCCCCCCl. The van der Waals surface area contributed by atoms with Gasteiger partial charge in [-0.05, 0) is 44.7 Å². The maximum atomic E-state index is 10.8. The molecule has 0 aliphatic heterocycles. The summed E-state index contributed by atoms with van der Waals surface area (Å²) in [6, 6.07) is 3.29. The summed E-state index contributed by atoms with van der Waals surface area (Å²) in [4.78, 5) is 10.4. The number of unbranched alkanes of at least 4 members (excludes halogenated alkanes) is 2. The highest BCUT2D eigenvalue weighted by molar-refractivity contribution is 6.17. The molecule has 1 aromatic rings. The van der Waals surface area contributed by atoms with Crippen LogP contribution in [0.3, 0.4) is 0 Å². The molecule has 1 aromatic carbocycles. The highest BCUT2D eigenvalue weighted by atomic mass is 35.5. The molecule has 0 aromatic heterocycles. The van der Waals surface area contributed by atoms with Crippen molar-refractivity contribution in [2.45, 2.75) is 33.1 Å². The number of nitro groups is 1. The number of halogens is 1. The maximum Gasteiger partial charge on any atom is 0.272 e. The number of rotatable bonds is 7. The molecule has 0 unspecified atom stereocenters. The molecule has 0 aliphatic carbocycles. The van der Waals surface area contributed by atoms with E-state index in [4.69, 9.17) is 16.3 Å². The van der Waals surface area contributed by atoms with Crippen LogP contribution in [0.1, 0.15) is 30.4 Å². The Morgan fingerprint density at radius 2 is 1.94 bits per heavy atom. The molecule has 0 amide bonds. The Labute approximate surface area is 112 Å². The lowest BCUT2D eigenvalue weighted by molar-refractivity contribution is -0.385. The zero-order valence-electron chi connectivity index (χ0n) is 10.7. The first-order valence-corrected chi connectivity index (χ1v) is 6.54. The van der Waals surface area contributed by atoms with Crippen molar-refractivity contribution < 1.29 is 9.66 Å². The molecule has 0 aliphatic rings. The first-order chi connectivity index (χ1) is 8.56. The summed E-state index contributed by atoms with van der Waals surface area (Å²) in [5.74, 6) is 1.40. The van der Waals surface area contributed by atoms with Gasteiger partial charge in [-0.1, -0.05) is 0 Å². The topological polar surface area (TPSA) is 52.4 Å². The van der Waals surface area contributed by atoms with Gasteiger partial charge in [-0.3, -0.25) is 10.1 Å². The van der Waals surface area contributed by atoms with E-state index in [9.17, 15) is 10.1 Å². The molecule has 4 nitrogen and oxygen atoms in total. The number of ether oxygens (including phenoxy) is 1. The van der Waals surface area contributed by atoms with Gasteiger partial charge in [0.05, 0.1) is 11.5 Å². The second kappa shape index (κ2) is 7.21. The standard InChI is InChI=1S/C13H18ClNO3/c1-10-9-13(18-7-5-3-4-6-14)11(2)8-12(10)15(16)17/h8-9H,3-7H2,1-2H3. The summed E-state index contributed by atoms with van der Waals surface area (Å²) in [5, 5.41) is 10.8. The molecule has 18 heavy (non-hydrogen) atoms. The summed E-state index contributed by atoms with van der Waals surface area (Å²) in [7, 11) is 0. The van der Waals surface area contributed by atoms with E-state index in [0.29, 0.717) is 18.1 Å². The number of alkyl halides is 1. The van der Waals surface area contributed by atoms with Gasteiger partial charge in [-0.2, -0.15) is 0 Å². The largest absolute Gasteiger partial charge is 0.493 e. The van der Waals surface area contributed by atoms with Crippen molar-refractivity contribution in [3.05, 3.63) is 33.4 Å². The highest BCUT2D eigenvalue weighted by Gasteiger charge is 2.13. The normalized spacial score (nSPS) is 10.4. The third-order valence-electron chi connectivity index (χ3n) is 2.73. The van der Waals surface area contributed by atoms with E-state index in [1.54, 1.807) is 19.1 Å². The summed E-state index contributed by atoms with van der Waals surface area (Å²) >= 11 is 5.59. The van der Waals surface area contributed by atoms with Crippen LogP contribution in [-0.4, -0.2) is 17.4 Å². The van der Waals surface area contributed by atoms with Gasteiger partial charge in [0.15, 0.2) is 0 Å². The van der Waals surface area contributed by atoms with Gasteiger partial charge in [0.25, 0.3) is 5.69 Å². The Kier molecular flexibility index (Phi) is 5.92. The zero-order chi connectivity index (χ0) is 13.5. The Morgan fingerprint density at radius 1 is 1.22 bits per heavy atom. The van der Waals surface area contributed by atoms with Gasteiger partial charge in [-0.25, -0.2) is 0 Å². The van der Waals surface area contributed by atoms with Gasteiger partial charge < -0.3 is 4.74 Å². The highest BCUT2D eigenvalue weighted by Crippen LogP contribution is 2.27. The molecule has 0 bridgehead atoms. The molecule has 0 heterocycles. The lowest BCUT2D eigenvalue weighted by Crippen LogP contribution is -2.01. The van der Waals surface area contributed by atoms with Crippen LogP contribution >= 0.6 is 11.6 Å². The number of hydrogen-bond acceptors (Lipinski definition) is 3. The van der Waals surface area contributed by atoms with Gasteiger partial charge >= 0.3 is 0 Å². The summed E-state index contributed by atoms with van der Waals surface area (Å²) in [5.41, 5.74) is 1.56. The fourth-order valence-corrected chi connectivity index (χ4v) is 1.87. The minimum atomic E-state index is -0.368. The van der Waals surface area contributed by atoms with Crippen molar-refractivity contribution in [2.75, 3.05) is 12.5 Å². The van der Waals surface area contributed by atoms with Gasteiger partial charge in [0.1, 0.15) is 5.75 Å². The summed E-state index contributed by atoms with van der Waals surface area (Å²) < 4.78 is 5.63. The maximum absolute atomic E-state index is 10.8. The van der Waals surface area contributed by atoms with E-state index in [1.807, 2.05) is 6.92 Å². The van der Waals surface area contributed by atoms with E-state index in [-0.39, 0.29) is 10.6 Å². The number of benzene rings is 1. The van der Waals surface area contributed by atoms with E-state index in [2.05, 4.69) is 0 Å². The molecule has 100 valence electrons. The molecular formula is C13H18ClNO3. The monoisotopic (exact) mass is 271 g/mol. The molecule has 0 spiro atoms. The van der Waals surface area contributed by atoms with Crippen LogP contribution in [0.5, 0.6) is 5.75 Å². The third-order valence-corrected chi connectivity index (χ3v) is 2.99. The zero-order valence-corrected chi connectivity index (χ0v) is 11.5. The second-order valence-corrected chi connectivity index (χ2v) is 4.64. The van der Waals surface area contributed by atoms with Gasteiger partial charge in [0, 0.05) is 17.5 Å². The fourth-order valence-electron chi connectivity index (χ4n) is 1.68. The van der Waals surface area contributed by atoms with Crippen LogP contribution in [0, 0.1) is 24.0 Å². The molecule has 1 rings (SSSR count). The predicted octanol–water partition coefficient (Wildman–Crippen LogP) is 4.00. The summed E-state index contributed by atoms with van der Waals surface area (Å²) in [6.45, 7) is 4.16.